The van der Waals surface area contributed by atoms with Gasteiger partial charge in [-0.3, -0.25) is 0 Å². The normalized spacial score (nSPS) is 16.3. The molecule has 0 saturated heterocycles. The van der Waals surface area contributed by atoms with Crippen LogP contribution in [0.3, 0.4) is 0 Å². The Morgan fingerprint density at radius 3 is 2.72 bits per heavy atom. The third kappa shape index (κ3) is 3.12. The van der Waals surface area contributed by atoms with E-state index < -0.39 is 0 Å². The minimum absolute atomic E-state index is 0. The second kappa shape index (κ2) is 6.85. The quantitative estimate of drug-likeness (QED) is 0.750. The summed E-state index contributed by atoms with van der Waals surface area (Å²) in [6, 6.07) is 4.46. The molecule has 0 saturated carbocycles. The smallest absolute Gasteiger partial charge is 0.179 e. The van der Waals surface area contributed by atoms with Gasteiger partial charge in [0, 0.05) is 35.8 Å². The maximum atomic E-state index is 4.75. The summed E-state index contributed by atoms with van der Waals surface area (Å²) in [6.07, 6.45) is 2.85. The lowest BCUT2D eigenvalue weighted by Crippen LogP contribution is -2.35. The van der Waals surface area contributed by atoms with E-state index in [2.05, 4.69) is 47.8 Å². The first-order chi connectivity index (χ1) is 11.6. The maximum absolute atomic E-state index is 4.75. The van der Waals surface area contributed by atoms with Crippen LogP contribution in [-0.4, -0.2) is 26.5 Å². The van der Waals surface area contributed by atoms with Gasteiger partial charge < -0.3 is 11.1 Å². The summed E-state index contributed by atoms with van der Waals surface area (Å²) in [5, 5.41) is 1.99. The fourth-order valence-electron chi connectivity index (χ4n) is 3.10. The van der Waals surface area contributed by atoms with Crippen LogP contribution in [0, 0.1) is 13.8 Å². The lowest BCUT2D eigenvalue weighted by atomic mass is 9.99. The van der Waals surface area contributed by atoms with Crippen molar-refractivity contribution in [1.29, 1.82) is 0 Å². The van der Waals surface area contributed by atoms with Gasteiger partial charge in [-0.2, -0.15) is 0 Å². The molecule has 0 aromatic carbocycles. The molecule has 0 fully saturated rings. The Balaban J connectivity index is 0.00000182. The first-order valence-corrected chi connectivity index (χ1v) is 9.03. The van der Waals surface area contributed by atoms with E-state index >= 15 is 0 Å². The van der Waals surface area contributed by atoms with E-state index in [0.29, 0.717) is 0 Å². The number of fused-ring (bicyclic) bond motifs is 1. The van der Waals surface area contributed by atoms with Crippen LogP contribution in [0.2, 0.25) is 0 Å². The first kappa shape index (κ1) is 17.4. The number of anilines is 1. The second-order valence-corrected chi connectivity index (χ2v) is 6.88. The van der Waals surface area contributed by atoms with Crippen LogP contribution < -0.4 is 11.1 Å². The fraction of sp³-hybridized carbons (Fsp3) is 0.333. The SMILES string of the molecule is Cc1ccc(N2CCc3nc(-c4cscn4)ncc3C2C)nc1C.N. The zero-order chi connectivity index (χ0) is 16.7. The minimum Gasteiger partial charge on any atom is -0.349 e. The summed E-state index contributed by atoms with van der Waals surface area (Å²) in [6.45, 7) is 7.26. The molecule has 1 aliphatic rings. The fourth-order valence-corrected chi connectivity index (χ4v) is 3.63. The molecule has 1 aliphatic heterocycles. The van der Waals surface area contributed by atoms with Gasteiger partial charge in [0.2, 0.25) is 0 Å². The van der Waals surface area contributed by atoms with Crippen molar-refractivity contribution in [3.8, 4) is 11.5 Å². The zero-order valence-electron chi connectivity index (χ0n) is 14.7. The summed E-state index contributed by atoms with van der Waals surface area (Å²) in [7, 11) is 0. The average Bonchev–Trinajstić information content (AvgIpc) is 3.12. The Hall–Kier alpha value is -2.38. The van der Waals surface area contributed by atoms with Gasteiger partial charge in [-0.1, -0.05) is 6.07 Å². The van der Waals surface area contributed by atoms with Crippen molar-refractivity contribution in [3.63, 3.8) is 0 Å². The molecule has 1 unspecified atom stereocenters. The molecule has 3 aromatic rings. The molecule has 0 spiro atoms. The Kier molecular flexibility index (Phi) is 4.78. The number of aryl methyl sites for hydroxylation is 2. The lowest BCUT2D eigenvalue weighted by molar-refractivity contribution is 0.601. The van der Waals surface area contributed by atoms with E-state index in [1.165, 1.54) is 11.1 Å². The maximum Gasteiger partial charge on any atom is 0.179 e. The highest BCUT2D eigenvalue weighted by Crippen LogP contribution is 2.32. The number of nitrogens with zero attached hydrogens (tertiary/aromatic N) is 5. The lowest BCUT2D eigenvalue weighted by Gasteiger charge is -2.35. The van der Waals surface area contributed by atoms with Gasteiger partial charge in [0.1, 0.15) is 11.5 Å². The molecule has 1 atom stereocenters. The van der Waals surface area contributed by atoms with E-state index in [0.717, 1.165) is 41.7 Å². The molecular formula is C18H22N6S. The molecular weight excluding hydrogens is 332 g/mol. The van der Waals surface area contributed by atoms with E-state index in [-0.39, 0.29) is 12.2 Å². The van der Waals surface area contributed by atoms with Crippen LogP contribution in [0.15, 0.2) is 29.2 Å². The molecule has 0 aliphatic carbocycles. The molecule has 3 N–H and O–H groups in total. The molecule has 6 nitrogen and oxygen atoms in total. The van der Waals surface area contributed by atoms with Crippen molar-refractivity contribution in [2.24, 2.45) is 0 Å². The van der Waals surface area contributed by atoms with Crippen molar-refractivity contribution in [1.82, 2.24) is 26.1 Å². The Morgan fingerprint density at radius 2 is 2.00 bits per heavy atom. The molecule has 0 bridgehead atoms. The number of aromatic nitrogens is 4. The van der Waals surface area contributed by atoms with Crippen LogP contribution in [0.4, 0.5) is 5.82 Å². The highest BCUT2D eigenvalue weighted by molar-refractivity contribution is 7.07. The highest BCUT2D eigenvalue weighted by Gasteiger charge is 2.27. The van der Waals surface area contributed by atoms with Crippen molar-refractivity contribution < 1.29 is 0 Å². The predicted octanol–water partition coefficient (Wildman–Crippen LogP) is 3.90. The van der Waals surface area contributed by atoms with Crippen LogP contribution in [-0.2, 0) is 6.42 Å². The predicted molar refractivity (Wildman–Crippen MR) is 101 cm³/mol. The van der Waals surface area contributed by atoms with Crippen molar-refractivity contribution in [3.05, 3.63) is 51.7 Å². The van der Waals surface area contributed by atoms with Crippen molar-refractivity contribution >= 4 is 17.2 Å². The second-order valence-electron chi connectivity index (χ2n) is 6.16. The summed E-state index contributed by atoms with van der Waals surface area (Å²) in [5.41, 5.74) is 7.28. The van der Waals surface area contributed by atoms with Gasteiger partial charge in [-0.05, 0) is 32.4 Å². The summed E-state index contributed by atoms with van der Waals surface area (Å²) in [4.78, 5) is 20.7. The number of thiazole rings is 1. The number of hydrogen-bond donors (Lipinski definition) is 1. The summed E-state index contributed by atoms with van der Waals surface area (Å²) >= 11 is 1.56. The Labute approximate surface area is 151 Å². The number of rotatable bonds is 2. The van der Waals surface area contributed by atoms with E-state index in [9.17, 15) is 0 Å². The van der Waals surface area contributed by atoms with Crippen LogP contribution >= 0.6 is 11.3 Å². The van der Waals surface area contributed by atoms with Gasteiger partial charge in [0.05, 0.1) is 17.2 Å². The minimum atomic E-state index is 0. The van der Waals surface area contributed by atoms with E-state index in [1.807, 2.05) is 17.1 Å². The monoisotopic (exact) mass is 354 g/mol. The zero-order valence-corrected chi connectivity index (χ0v) is 15.5. The van der Waals surface area contributed by atoms with Gasteiger partial charge in [-0.25, -0.2) is 19.9 Å². The van der Waals surface area contributed by atoms with Gasteiger partial charge >= 0.3 is 0 Å². The third-order valence-corrected chi connectivity index (χ3v) is 5.28. The van der Waals surface area contributed by atoms with Crippen LogP contribution in [0.25, 0.3) is 11.5 Å². The topological polar surface area (TPSA) is 89.8 Å². The third-order valence-electron chi connectivity index (χ3n) is 4.70. The van der Waals surface area contributed by atoms with Crippen molar-refractivity contribution in [2.45, 2.75) is 33.2 Å². The van der Waals surface area contributed by atoms with Crippen LogP contribution in [0.5, 0.6) is 0 Å². The molecule has 4 rings (SSSR count). The molecule has 25 heavy (non-hydrogen) atoms. The number of hydrogen-bond acceptors (Lipinski definition) is 7. The van der Waals surface area contributed by atoms with Gasteiger partial charge in [-0.15, -0.1) is 11.3 Å². The molecule has 4 heterocycles. The van der Waals surface area contributed by atoms with E-state index in [4.69, 9.17) is 9.97 Å². The van der Waals surface area contributed by atoms with Crippen molar-refractivity contribution in [2.75, 3.05) is 11.4 Å². The average molecular weight is 354 g/mol. The molecule has 0 amide bonds. The van der Waals surface area contributed by atoms with Gasteiger partial charge in [0.25, 0.3) is 0 Å². The molecule has 7 heteroatoms. The first-order valence-electron chi connectivity index (χ1n) is 8.09. The summed E-state index contributed by atoms with van der Waals surface area (Å²) in [5.74, 6) is 1.75. The van der Waals surface area contributed by atoms with Crippen LogP contribution in [0.1, 0.15) is 35.5 Å². The summed E-state index contributed by atoms with van der Waals surface area (Å²) < 4.78 is 0. The Bertz CT molecular complexity index is 877. The standard InChI is InChI=1S/C18H19N5S.H3N/c1-11-4-5-17(21-12(11)2)23-7-6-15-14(13(23)3)8-19-18(22-15)16-9-24-10-20-16;/h4-5,8-10,13H,6-7H2,1-3H3;1H3. The van der Waals surface area contributed by atoms with E-state index in [1.54, 1.807) is 11.3 Å². The Morgan fingerprint density at radius 1 is 1.16 bits per heavy atom. The molecule has 3 aromatic heterocycles. The molecule has 0 radical (unpaired) electrons. The molecule has 130 valence electrons. The van der Waals surface area contributed by atoms with Gasteiger partial charge in [0.15, 0.2) is 5.82 Å². The highest BCUT2D eigenvalue weighted by atomic mass is 32.1. The number of pyridine rings is 1. The largest absolute Gasteiger partial charge is 0.349 e.